The van der Waals surface area contributed by atoms with Crippen molar-refractivity contribution in [3.8, 4) is 17.0 Å². The highest BCUT2D eigenvalue weighted by Crippen LogP contribution is 2.35. The monoisotopic (exact) mass is 350 g/mol. The predicted molar refractivity (Wildman–Crippen MR) is 98.3 cm³/mol. The van der Waals surface area contributed by atoms with Gasteiger partial charge in [-0.25, -0.2) is 4.98 Å². The van der Waals surface area contributed by atoms with E-state index in [1.165, 1.54) is 0 Å². The average Bonchev–Trinajstić information content (AvgIpc) is 2.67. The Hall–Kier alpha value is -3.41. The van der Waals surface area contributed by atoms with Crippen LogP contribution in [0.3, 0.4) is 0 Å². The number of fused-ring (bicyclic) bond motifs is 1. The summed E-state index contributed by atoms with van der Waals surface area (Å²) in [7, 11) is 0. The summed E-state index contributed by atoms with van der Waals surface area (Å²) in [5.41, 5.74) is 1.58. The van der Waals surface area contributed by atoms with Gasteiger partial charge < -0.3 is 15.2 Å². The summed E-state index contributed by atoms with van der Waals surface area (Å²) in [5.74, 6) is -1.36. The van der Waals surface area contributed by atoms with Gasteiger partial charge in [0.25, 0.3) is 5.91 Å². The van der Waals surface area contributed by atoms with E-state index in [4.69, 9.17) is 9.84 Å². The number of carboxylic acid groups (broad SMARTS) is 1. The second-order valence-electron chi connectivity index (χ2n) is 5.56. The number of aliphatic carboxylic acids is 1. The lowest BCUT2D eigenvalue weighted by Crippen LogP contribution is -2.30. The second kappa shape index (κ2) is 7.65. The van der Waals surface area contributed by atoms with E-state index >= 15 is 0 Å². The van der Waals surface area contributed by atoms with Crippen LogP contribution in [0.1, 0.15) is 17.4 Å². The summed E-state index contributed by atoms with van der Waals surface area (Å²) in [5, 5.41) is 12.8. The summed E-state index contributed by atoms with van der Waals surface area (Å²) in [6.45, 7) is 1.69. The Kier molecular flexibility index (Phi) is 5.12. The molecule has 1 amide bonds. The van der Waals surface area contributed by atoms with E-state index in [2.05, 4.69) is 10.3 Å². The fourth-order valence-corrected chi connectivity index (χ4v) is 2.74. The lowest BCUT2D eigenvalue weighted by Gasteiger charge is -2.15. The van der Waals surface area contributed by atoms with Crippen molar-refractivity contribution in [2.75, 3.05) is 13.2 Å². The molecular weight excluding hydrogens is 332 g/mol. The van der Waals surface area contributed by atoms with Crippen LogP contribution in [-0.2, 0) is 4.79 Å². The van der Waals surface area contributed by atoms with Gasteiger partial charge in [0, 0.05) is 16.3 Å². The van der Waals surface area contributed by atoms with Gasteiger partial charge in [0.05, 0.1) is 12.3 Å². The summed E-state index contributed by atoms with van der Waals surface area (Å²) in [4.78, 5) is 27.9. The summed E-state index contributed by atoms with van der Waals surface area (Å²) in [6.07, 6.45) is 0. The number of hydrogen-bond donors (Lipinski definition) is 2. The van der Waals surface area contributed by atoms with Crippen LogP contribution in [0, 0.1) is 0 Å². The molecule has 2 aromatic carbocycles. The first-order valence-electron chi connectivity index (χ1n) is 8.22. The minimum absolute atomic E-state index is 0.0747. The molecule has 26 heavy (non-hydrogen) atoms. The van der Waals surface area contributed by atoms with Gasteiger partial charge in [0.1, 0.15) is 6.54 Å². The maximum atomic E-state index is 12.6. The molecule has 1 aromatic heterocycles. The van der Waals surface area contributed by atoms with Crippen molar-refractivity contribution >= 4 is 22.6 Å². The minimum atomic E-state index is -1.12. The third kappa shape index (κ3) is 3.49. The molecule has 1 heterocycles. The Morgan fingerprint density at radius 3 is 2.35 bits per heavy atom. The molecule has 0 unspecified atom stereocenters. The van der Waals surface area contributed by atoms with Crippen molar-refractivity contribution in [2.24, 2.45) is 0 Å². The van der Waals surface area contributed by atoms with Gasteiger partial charge >= 0.3 is 5.97 Å². The normalized spacial score (nSPS) is 10.5. The van der Waals surface area contributed by atoms with Gasteiger partial charge in [-0.15, -0.1) is 0 Å². The van der Waals surface area contributed by atoms with E-state index < -0.39 is 18.4 Å². The number of hydrogen-bond acceptors (Lipinski definition) is 4. The molecule has 0 atom stereocenters. The summed E-state index contributed by atoms with van der Waals surface area (Å²) < 4.78 is 5.70. The first-order chi connectivity index (χ1) is 12.6. The van der Waals surface area contributed by atoms with Crippen LogP contribution in [0.5, 0.6) is 5.75 Å². The number of nitrogens with one attached hydrogen (secondary N) is 1. The van der Waals surface area contributed by atoms with Crippen LogP contribution >= 0.6 is 0 Å². The SMILES string of the molecule is CCOc1c(C(=O)NCC(=O)O)nc(-c2ccccc2)c2ccccc12. The third-order valence-electron chi connectivity index (χ3n) is 3.82. The highest BCUT2D eigenvalue weighted by atomic mass is 16.5. The fraction of sp³-hybridized carbons (Fsp3) is 0.150. The van der Waals surface area contributed by atoms with E-state index in [1.807, 2.05) is 61.5 Å². The maximum Gasteiger partial charge on any atom is 0.322 e. The van der Waals surface area contributed by atoms with Crippen molar-refractivity contribution in [3.63, 3.8) is 0 Å². The van der Waals surface area contributed by atoms with Gasteiger partial charge in [-0.1, -0.05) is 54.6 Å². The molecule has 2 N–H and O–H groups in total. The first-order valence-corrected chi connectivity index (χ1v) is 8.22. The average molecular weight is 350 g/mol. The van der Waals surface area contributed by atoms with Gasteiger partial charge in [0.15, 0.2) is 11.4 Å². The highest BCUT2D eigenvalue weighted by molar-refractivity contribution is 6.06. The number of nitrogens with zero attached hydrogens (tertiary/aromatic N) is 1. The highest BCUT2D eigenvalue weighted by Gasteiger charge is 2.21. The summed E-state index contributed by atoms with van der Waals surface area (Å²) in [6, 6.07) is 17.1. The van der Waals surface area contributed by atoms with E-state index in [0.29, 0.717) is 18.1 Å². The number of amides is 1. The van der Waals surface area contributed by atoms with Crippen LogP contribution in [0.15, 0.2) is 54.6 Å². The smallest absolute Gasteiger partial charge is 0.322 e. The molecule has 0 spiro atoms. The maximum absolute atomic E-state index is 12.6. The van der Waals surface area contributed by atoms with Gasteiger partial charge in [0.2, 0.25) is 0 Å². The van der Waals surface area contributed by atoms with Gasteiger partial charge in [-0.05, 0) is 6.92 Å². The topological polar surface area (TPSA) is 88.5 Å². The molecule has 0 saturated carbocycles. The number of carbonyl (C=O) groups is 2. The van der Waals surface area contributed by atoms with E-state index in [1.54, 1.807) is 0 Å². The van der Waals surface area contributed by atoms with Crippen molar-refractivity contribution in [3.05, 3.63) is 60.3 Å². The second-order valence-corrected chi connectivity index (χ2v) is 5.56. The van der Waals surface area contributed by atoms with Crippen LogP contribution in [-0.4, -0.2) is 35.1 Å². The number of carboxylic acids is 1. The van der Waals surface area contributed by atoms with E-state index in [0.717, 1.165) is 16.3 Å². The Balaban J connectivity index is 2.23. The number of rotatable bonds is 6. The number of pyridine rings is 1. The van der Waals surface area contributed by atoms with Gasteiger partial charge in [-0.2, -0.15) is 0 Å². The lowest BCUT2D eigenvalue weighted by molar-refractivity contribution is -0.135. The number of ether oxygens (including phenoxy) is 1. The van der Waals surface area contributed by atoms with Crippen molar-refractivity contribution in [1.29, 1.82) is 0 Å². The van der Waals surface area contributed by atoms with Gasteiger partial charge in [-0.3, -0.25) is 9.59 Å². The van der Waals surface area contributed by atoms with Crippen LogP contribution < -0.4 is 10.1 Å². The molecule has 0 aliphatic carbocycles. The standard InChI is InChI=1S/C20H18N2O4/c1-2-26-19-15-11-7-6-10-14(15)17(13-8-4-3-5-9-13)22-18(19)20(25)21-12-16(23)24/h3-11H,2,12H2,1H3,(H,21,25)(H,23,24). The molecule has 3 aromatic rings. The predicted octanol–water partition coefficient (Wildman–Crippen LogP) is 3.11. The van der Waals surface area contributed by atoms with Crippen molar-refractivity contribution in [2.45, 2.75) is 6.92 Å². The quantitative estimate of drug-likeness (QED) is 0.713. The zero-order valence-electron chi connectivity index (χ0n) is 14.2. The number of carbonyl (C=O) groups excluding carboxylic acids is 1. The van der Waals surface area contributed by atoms with Crippen molar-refractivity contribution in [1.82, 2.24) is 10.3 Å². The summed E-state index contributed by atoms with van der Waals surface area (Å²) >= 11 is 0. The Morgan fingerprint density at radius 1 is 1.04 bits per heavy atom. The van der Waals surface area contributed by atoms with Crippen LogP contribution in [0.4, 0.5) is 0 Å². The zero-order chi connectivity index (χ0) is 18.5. The molecule has 132 valence electrons. The number of aromatic nitrogens is 1. The molecule has 0 fully saturated rings. The molecule has 0 aliphatic heterocycles. The molecule has 6 nitrogen and oxygen atoms in total. The molecule has 0 radical (unpaired) electrons. The first kappa shape index (κ1) is 17.4. The third-order valence-corrected chi connectivity index (χ3v) is 3.82. The van der Waals surface area contributed by atoms with Crippen molar-refractivity contribution < 1.29 is 19.4 Å². The Bertz CT molecular complexity index is 955. The number of benzene rings is 2. The Labute approximate surface area is 150 Å². The Morgan fingerprint density at radius 2 is 1.69 bits per heavy atom. The molecule has 0 saturated heterocycles. The molecule has 3 rings (SSSR count). The zero-order valence-corrected chi connectivity index (χ0v) is 14.2. The molecule has 0 bridgehead atoms. The van der Waals surface area contributed by atoms with E-state index in [9.17, 15) is 9.59 Å². The molecule has 6 heteroatoms. The lowest BCUT2D eigenvalue weighted by atomic mass is 10.0. The van der Waals surface area contributed by atoms with Crippen LogP contribution in [0.2, 0.25) is 0 Å². The van der Waals surface area contributed by atoms with Crippen LogP contribution in [0.25, 0.3) is 22.0 Å². The largest absolute Gasteiger partial charge is 0.491 e. The molecule has 0 aliphatic rings. The fourth-order valence-electron chi connectivity index (χ4n) is 2.74. The minimum Gasteiger partial charge on any atom is -0.491 e. The molecular formula is C20H18N2O4. The van der Waals surface area contributed by atoms with E-state index in [-0.39, 0.29) is 5.69 Å².